The van der Waals surface area contributed by atoms with Crippen LogP contribution in [0.5, 0.6) is 0 Å². The predicted octanol–water partition coefficient (Wildman–Crippen LogP) is 2.86. The number of hydrogen-bond acceptors (Lipinski definition) is 3. The van der Waals surface area contributed by atoms with Gasteiger partial charge >= 0.3 is 5.97 Å². The second-order valence-corrected chi connectivity index (χ2v) is 4.09. The molecule has 1 aromatic heterocycles. The van der Waals surface area contributed by atoms with Gasteiger partial charge in [-0.3, -0.25) is 4.98 Å². The van der Waals surface area contributed by atoms with Crippen molar-refractivity contribution < 1.29 is 9.90 Å². The molecular formula is C14H14N2O2. The van der Waals surface area contributed by atoms with Crippen molar-refractivity contribution in [3.8, 4) is 0 Å². The minimum atomic E-state index is -0.952. The summed E-state index contributed by atoms with van der Waals surface area (Å²) in [5.41, 5.74) is 2.91. The average molecular weight is 242 g/mol. The lowest BCUT2D eigenvalue weighted by Gasteiger charge is -2.20. The standard InChI is InChI=1S/C14H14N2O2/c1-10-3-5-11(6-4-10)16(2)13-9-15-8-7-12(13)14(17)18/h3-9H,1-2H3,(H,17,18). The van der Waals surface area contributed by atoms with Crippen LogP contribution in [0.2, 0.25) is 0 Å². The van der Waals surface area contributed by atoms with E-state index in [-0.39, 0.29) is 5.56 Å². The van der Waals surface area contributed by atoms with E-state index in [1.165, 1.54) is 12.3 Å². The number of rotatable bonds is 3. The van der Waals surface area contributed by atoms with Gasteiger partial charge in [0, 0.05) is 18.9 Å². The van der Waals surface area contributed by atoms with Crippen molar-refractivity contribution in [2.45, 2.75) is 6.92 Å². The van der Waals surface area contributed by atoms with Crippen LogP contribution >= 0.6 is 0 Å². The Morgan fingerprint density at radius 1 is 1.22 bits per heavy atom. The van der Waals surface area contributed by atoms with Crippen molar-refractivity contribution in [1.82, 2.24) is 4.98 Å². The Morgan fingerprint density at radius 3 is 2.50 bits per heavy atom. The number of nitrogens with zero attached hydrogens (tertiary/aromatic N) is 2. The second kappa shape index (κ2) is 4.87. The molecule has 0 fully saturated rings. The first-order chi connectivity index (χ1) is 8.59. The topological polar surface area (TPSA) is 53.4 Å². The lowest BCUT2D eigenvalue weighted by molar-refractivity contribution is 0.0697. The minimum absolute atomic E-state index is 0.244. The fourth-order valence-electron chi connectivity index (χ4n) is 1.74. The molecule has 0 bridgehead atoms. The largest absolute Gasteiger partial charge is 0.478 e. The number of hydrogen-bond donors (Lipinski definition) is 1. The molecule has 0 amide bonds. The van der Waals surface area contributed by atoms with E-state index in [9.17, 15) is 4.79 Å². The summed E-state index contributed by atoms with van der Waals surface area (Å²) in [4.78, 5) is 17.0. The van der Waals surface area contributed by atoms with E-state index in [1.54, 1.807) is 6.20 Å². The van der Waals surface area contributed by atoms with Crippen molar-refractivity contribution in [2.75, 3.05) is 11.9 Å². The number of carboxylic acids is 1. The summed E-state index contributed by atoms with van der Waals surface area (Å²) in [5.74, 6) is -0.952. The molecule has 1 heterocycles. The average Bonchev–Trinajstić information content (AvgIpc) is 2.39. The van der Waals surface area contributed by atoms with Crippen LogP contribution in [-0.4, -0.2) is 23.1 Å². The molecule has 1 aromatic carbocycles. The zero-order valence-corrected chi connectivity index (χ0v) is 10.3. The molecule has 92 valence electrons. The quantitative estimate of drug-likeness (QED) is 0.899. The van der Waals surface area contributed by atoms with Gasteiger partial charge in [0.05, 0.1) is 17.4 Å². The Hall–Kier alpha value is -2.36. The number of aromatic nitrogens is 1. The van der Waals surface area contributed by atoms with Gasteiger partial charge in [0.15, 0.2) is 0 Å². The molecular weight excluding hydrogens is 228 g/mol. The Morgan fingerprint density at radius 2 is 1.89 bits per heavy atom. The molecule has 0 radical (unpaired) electrons. The zero-order valence-electron chi connectivity index (χ0n) is 10.3. The summed E-state index contributed by atoms with van der Waals surface area (Å²) in [7, 11) is 1.83. The summed E-state index contributed by atoms with van der Waals surface area (Å²) in [6.45, 7) is 2.01. The van der Waals surface area contributed by atoms with Gasteiger partial charge in [-0.15, -0.1) is 0 Å². The summed E-state index contributed by atoms with van der Waals surface area (Å²) in [5, 5.41) is 9.15. The smallest absolute Gasteiger partial charge is 0.337 e. The number of aromatic carboxylic acids is 1. The van der Waals surface area contributed by atoms with Crippen LogP contribution in [0, 0.1) is 6.92 Å². The van der Waals surface area contributed by atoms with Crippen LogP contribution in [0.4, 0.5) is 11.4 Å². The lowest BCUT2D eigenvalue weighted by atomic mass is 10.1. The fourth-order valence-corrected chi connectivity index (χ4v) is 1.74. The fraction of sp³-hybridized carbons (Fsp3) is 0.143. The highest BCUT2D eigenvalue weighted by atomic mass is 16.4. The molecule has 0 aliphatic heterocycles. The molecule has 0 spiro atoms. The highest BCUT2D eigenvalue weighted by Crippen LogP contribution is 2.26. The van der Waals surface area contributed by atoms with Crippen molar-refractivity contribution >= 4 is 17.3 Å². The van der Waals surface area contributed by atoms with Gasteiger partial charge in [-0.25, -0.2) is 4.79 Å². The Kier molecular flexibility index (Phi) is 3.28. The Balaban J connectivity index is 2.42. The maximum absolute atomic E-state index is 11.2. The van der Waals surface area contributed by atoms with E-state index in [1.807, 2.05) is 43.1 Å². The summed E-state index contributed by atoms with van der Waals surface area (Å²) < 4.78 is 0. The number of benzene rings is 1. The molecule has 0 atom stereocenters. The van der Waals surface area contributed by atoms with E-state index in [0.717, 1.165) is 11.3 Å². The van der Waals surface area contributed by atoms with E-state index < -0.39 is 5.97 Å². The molecule has 1 N–H and O–H groups in total. The molecule has 0 aliphatic carbocycles. The summed E-state index contributed by atoms with van der Waals surface area (Å²) in [6.07, 6.45) is 3.04. The highest BCUT2D eigenvalue weighted by Gasteiger charge is 2.14. The van der Waals surface area contributed by atoms with Crippen LogP contribution in [0.25, 0.3) is 0 Å². The molecule has 18 heavy (non-hydrogen) atoms. The maximum Gasteiger partial charge on any atom is 0.337 e. The molecule has 0 saturated carbocycles. The zero-order chi connectivity index (χ0) is 13.1. The molecule has 2 aromatic rings. The molecule has 2 rings (SSSR count). The van der Waals surface area contributed by atoms with Crippen molar-refractivity contribution in [3.05, 3.63) is 53.9 Å². The van der Waals surface area contributed by atoms with E-state index in [4.69, 9.17) is 5.11 Å². The number of carbonyl (C=O) groups is 1. The van der Waals surface area contributed by atoms with Gasteiger partial charge < -0.3 is 10.0 Å². The van der Waals surface area contributed by atoms with Gasteiger partial charge in [0.25, 0.3) is 0 Å². The van der Waals surface area contributed by atoms with Crippen LogP contribution in [0.15, 0.2) is 42.7 Å². The first kappa shape index (κ1) is 12.1. The van der Waals surface area contributed by atoms with Crippen LogP contribution in [0.1, 0.15) is 15.9 Å². The first-order valence-electron chi connectivity index (χ1n) is 5.57. The van der Waals surface area contributed by atoms with Crippen LogP contribution < -0.4 is 4.90 Å². The SMILES string of the molecule is Cc1ccc(N(C)c2cnccc2C(=O)O)cc1. The van der Waals surface area contributed by atoms with Gasteiger partial charge in [-0.2, -0.15) is 0 Å². The first-order valence-corrected chi connectivity index (χ1v) is 5.57. The molecule has 4 nitrogen and oxygen atoms in total. The Bertz CT molecular complexity index is 564. The number of pyridine rings is 1. The summed E-state index contributed by atoms with van der Waals surface area (Å²) in [6, 6.07) is 9.38. The van der Waals surface area contributed by atoms with E-state index >= 15 is 0 Å². The number of carboxylic acid groups (broad SMARTS) is 1. The molecule has 4 heteroatoms. The van der Waals surface area contributed by atoms with Gasteiger partial charge in [0.2, 0.25) is 0 Å². The number of aryl methyl sites for hydroxylation is 1. The monoisotopic (exact) mass is 242 g/mol. The van der Waals surface area contributed by atoms with Gasteiger partial charge in [0.1, 0.15) is 0 Å². The lowest BCUT2D eigenvalue weighted by Crippen LogP contribution is -2.14. The van der Waals surface area contributed by atoms with Crippen LogP contribution in [-0.2, 0) is 0 Å². The van der Waals surface area contributed by atoms with E-state index in [2.05, 4.69) is 4.98 Å². The summed E-state index contributed by atoms with van der Waals surface area (Å²) >= 11 is 0. The highest BCUT2D eigenvalue weighted by molar-refractivity contribution is 5.95. The van der Waals surface area contributed by atoms with Crippen molar-refractivity contribution in [1.29, 1.82) is 0 Å². The van der Waals surface area contributed by atoms with Gasteiger partial charge in [-0.05, 0) is 25.1 Å². The maximum atomic E-state index is 11.2. The van der Waals surface area contributed by atoms with E-state index in [0.29, 0.717) is 5.69 Å². The molecule has 0 aliphatic rings. The third kappa shape index (κ3) is 2.32. The van der Waals surface area contributed by atoms with Crippen LogP contribution in [0.3, 0.4) is 0 Å². The predicted molar refractivity (Wildman–Crippen MR) is 70.4 cm³/mol. The van der Waals surface area contributed by atoms with Crippen molar-refractivity contribution in [3.63, 3.8) is 0 Å². The normalized spacial score (nSPS) is 10.1. The molecule has 0 saturated heterocycles. The molecule has 0 unspecified atom stereocenters. The third-order valence-electron chi connectivity index (χ3n) is 2.81. The number of anilines is 2. The second-order valence-electron chi connectivity index (χ2n) is 4.09. The third-order valence-corrected chi connectivity index (χ3v) is 2.81. The van der Waals surface area contributed by atoms with Gasteiger partial charge in [-0.1, -0.05) is 17.7 Å². The van der Waals surface area contributed by atoms with Crippen molar-refractivity contribution in [2.24, 2.45) is 0 Å². The minimum Gasteiger partial charge on any atom is -0.478 e. The Labute approximate surface area is 106 Å².